The lowest BCUT2D eigenvalue weighted by atomic mass is 10.0. The molecule has 0 atom stereocenters. The average molecular weight is 417 g/mol. The summed E-state index contributed by atoms with van der Waals surface area (Å²) in [5, 5.41) is 3.28. The molecule has 6 heteroatoms. The molecule has 0 unspecified atom stereocenters. The van der Waals surface area contributed by atoms with Crippen LogP contribution < -0.4 is 15.8 Å². The SMILES string of the molecule is Nc1ccc(CN2Cc3cc(OCCCNc4ccccn4)ccc3CCC2=O)cc1. The monoisotopic (exact) mass is 416 g/mol. The van der Waals surface area contributed by atoms with Crippen LogP contribution in [-0.2, 0) is 24.3 Å². The number of nitrogens with zero attached hydrogens (tertiary/aromatic N) is 2. The van der Waals surface area contributed by atoms with Crippen LogP contribution in [-0.4, -0.2) is 28.9 Å². The van der Waals surface area contributed by atoms with Gasteiger partial charge in [0.1, 0.15) is 11.6 Å². The lowest BCUT2D eigenvalue weighted by Crippen LogP contribution is -2.28. The first kappa shape index (κ1) is 20.7. The molecule has 1 aliphatic heterocycles. The third kappa shape index (κ3) is 5.75. The van der Waals surface area contributed by atoms with Crippen LogP contribution in [0.15, 0.2) is 66.9 Å². The van der Waals surface area contributed by atoms with E-state index < -0.39 is 0 Å². The molecule has 1 aliphatic rings. The summed E-state index contributed by atoms with van der Waals surface area (Å²) < 4.78 is 5.97. The Morgan fingerprint density at radius 2 is 1.90 bits per heavy atom. The van der Waals surface area contributed by atoms with Crippen LogP contribution in [0.2, 0.25) is 0 Å². The van der Waals surface area contributed by atoms with E-state index in [1.54, 1.807) is 6.20 Å². The number of carbonyl (C=O) groups is 1. The molecule has 0 bridgehead atoms. The highest BCUT2D eigenvalue weighted by molar-refractivity contribution is 5.77. The van der Waals surface area contributed by atoms with Gasteiger partial charge in [-0.2, -0.15) is 0 Å². The number of rotatable bonds is 8. The lowest BCUT2D eigenvalue weighted by Gasteiger charge is -2.21. The number of benzene rings is 2. The molecule has 2 heterocycles. The fourth-order valence-corrected chi connectivity index (χ4v) is 3.71. The van der Waals surface area contributed by atoms with Crippen molar-refractivity contribution in [1.82, 2.24) is 9.88 Å². The van der Waals surface area contributed by atoms with Gasteiger partial charge in [-0.3, -0.25) is 4.79 Å². The summed E-state index contributed by atoms with van der Waals surface area (Å²) in [4.78, 5) is 18.8. The molecule has 0 radical (unpaired) electrons. The van der Waals surface area contributed by atoms with E-state index in [1.165, 1.54) is 5.56 Å². The quantitative estimate of drug-likeness (QED) is 0.428. The van der Waals surface area contributed by atoms with E-state index in [2.05, 4.69) is 22.4 Å². The normalized spacial score (nSPS) is 13.4. The number of pyridine rings is 1. The maximum Gasteiger partial charge on any atom is 0.223 e. The minimum Gasteiger partial charge on any atom is -0.494 e. The Morgan fingerprint density at radius 3 is 2.71 bits per heavy atom. The molecule has 3 N–H and O–H groups in total. The first-order chi connectivity index (χ1) is 15.2. The second-order valence-corrected chi connectivity index (χ2v) is 7.77. The fraction of sp³-hybridized carbons (Fsp3) is 0.280. The molecule has 6 nitrogen and oxygen atoms in total. The van der Waals surface area contributed by atoms with Crippen molar-refractivity contribution in [2.45, 2.75) is 32.4 Å². The van der Waals surface area contributed by atoms with E-state index in [9.17, 15) is 4.79 Å². The minimum atomic E-state index is 0.177. The average Bonchev–Trinajstić information content (AvgIpc) is 2.94. The van der Waals surface area contributed by atoms with Crippen molar-refractivity contribution >= 4 is 17.4 Å². The number of ether oxygens (including phenoxy) is 1. The van der Waals surface area contributed by atoms with E-state index in [1.807, 2.05) is 53.4 Å². The van der Waals surface area contributed by atoms with Gasteiger partial charge in [0.25, 0.3) is 0 Å². The molecular weight excluding hydrogens is 388 g/mol. The van der Waals surface area contributed by atoms with Crippen molar-refractivity contribution in [3.63, 3.8) is 0 Å². The topological polar surface area (TPSA) is 80.5 Å². The largest absolute Gasteiger partial charge is 0.494 e. The zero-order valence-corrected chi connectivity index (χ0v) is 17.6. The number of aromatic nitrogens is 1. The van der Waals surface area contributed by atoms with Crippen LogP contribution in [0.4, 0.5) is 11.5 Å². The minimum absolute atomic E-state index is 0.177. The Bertz CT molecular complexity index is 1010. The predicted octanol–water partition coefficient (Wildman–Crippen LogP) is 4.02. The van der Waals surface area contributed by atoms with Gasteiger partial charge < -0.3 is 20.7 Å². The Morgan fingerprint density at radius 1 is 1.03 bits per heavy atom. The van der Waals surface area contributed by atoms with Crippen molar-refractivity contribution < 1.29 is 9.53 Å². The zero-order valence-electron chi connectivity index (χ0n) is 17.6. The number of anilines is 2. The Hall–Kier alpha value is -3.54. The van der Waals surface area contributed by atoms with Crippen LogP contribution in [0.25, 0.3) is 0 Å². The smallest absolute Gasteiger partial charge is 0.223 e. The number of carbonyl (C=O) groups excluding carboxylic acids is 1. The molecule has 0 spiro atoms. The molecule has 1 aromatic heterocycles. The summed E-state index contributed by atoms with van der Waals surface area (Å²) in [6.45, 7) is 2.60. The maximum atomic E-state index is 12.7. The highest BCUT2D eigenvalue weighted by Gasteiger charge is 2.21. The van der Waals surface area contributed by atoms with E-state index in [0.717, 1.165) is 47.8 Å². The molecule has 160 valence electrons. The fourth-order valence-electron chi connectivity index (χ4n) is 3.71. The number of nitrogen functional groups attached to an aromatic ring is 1. The van der Waals surface area contributed by atoms with Gasteiger partial charge >= 0.3 is 0 Å². The molecule has 3 aromatic rings. The number of hydrogen-bond donors (Lipinski definition) is 2. The molecule has 0 fully saturated rings. The number of nitrogens with one attached hydrogen (secondary N) is 1. The molecule has 1 amide bonds. The van der Waals surface area contributed by atoms with Gasteiger partial charge in [0.2, 0.25) is 5.91 Å². The standard InChI is InChI=1S/C25H28N4O2/c26-22-9-5-19(6-10-22)17-29-18-21-16-23(11-7-20(21)8-12-25(29)30)31-15-3-14-28-24-4-1-2-13-27-24/h1-2,4-7,9-11,13,16H,3,8,12,14-15,17-18,26H2,(H,27,28). The number of hydrogen-bond acceptors (Lipinski definition) is 5. The van der Waals surface area contributed by atoms with Gasteiger partial charge in [0.05, 0.1) is 6.61 Å². The number of fused-ring (bicyclic) bond motifs is 1. The third-order valence-corrected chi connectivity index (χ3v) is 5.41. The van der Waals surface area contributed by atoms with Crippen LogP contribution in [0.3, 0.4) is 0 Å². The first-order valence-electron chi connectivity index (χ1n) is 10.7. The lowest BCUT2D eigenvalue weighted by molar-refractivity contribution is -0.132. The van der Waals surface area contributed by atoms with Crippen molar-refractivity contribution in [3.05, 3.63) is 83.6 Å². The van der Waals surface area contributed by atoms with Gasteiger partial charge in [-0.05, 0) is 65.9 Å². The van der Waals surface area contributed by atoms with Gasteiger partial charge in [-0.25, -0.2) is 4.98 Å². The highest BCUT2D eigenvalue weighted by atomic mass is 16.5. The Kier molecular flexibility index (Phi) is 6.67. The van der Waals surface area contributed by atoms with E-state index in [4.69, 9.17) is 10.5 Å². The molecule has 4 rings (SSSR count). The van der Waals surface area contributed by atoms with E-state index in [-0.39, 0.29) is 5.91 Å². The van der Waals surface area contributed by atoms with Crippen LogP contribution in [0, 0.1) is 0 Å². The van der Waals surface area contributed by atoms with Crippen molar-refractivity contribution in [1.29, 1.82) is 0 Å². The number of aryl methyl sites for hydroxylation is 1. The van der Waals surface area contributed by atoms with E-state index >= 15 is 0 Å². The van der Waals surface area contributed by atoms with Gasteiger partial charge in [0.15, 0.2) is 0 Å². The zero-order chi connectivity index (χ0) is 21.5. The maximum absolute atomic E-state index is 12.7. The van der Waals surface area contributed by atoms with Crippen LogP contribution >= 0.6 is 0 Å². The second kappa shape index (κ2) is 9.98. The van der Waals surface area contributed by atoms with E-state index in [0.29, 0.717) is 26.1 Å². The molecule has 31 heavy (non-hydrogen) atoms. The molecule has 0 saturated carbocycles. The Balaban J connectivity index is 1.33. The summed E-state index contributed by atoms with van der Waals surface area (Å²) in [6.07, 6.45) is 3.94. The summed E-state index contributed by atoms with van der Waals surface area (Å²) in [5.74, 6) is 1.90. The number of nitrogens with two attached hydrogens (primary N) is 1. The Labute approximate surface area is 183 Å². The predicted molar refractivity (Wildman–Crippen MR) is 123 cm³/mol. The van der Waals surface area contributed by atoms with Crippen molar-refractivity contribution in [2.75, 3.05) is 24.2 Å². The van der Waals surface area contributed by atoms with Gasteiger partial charge in [-0.15, -0.1) is 0 Å². The summed E-state index contributed by atoms with van der Waals surface area (Å²) in [7, 11) is 0. The summed E-state index contributed by atoms with van der Waals surface area (Å²) in [6, 6.07) is 19.7. The van der Waals surface area contributed by atoms with Crippen molar-refractivity contribution in [2.24, 2.45) is 0 Å². The number of amides is 1. The van der Waals surface area contributed by atoms with Crippen LogP contribution in [0.1, 0.15) is 29.5 Å². The molecular formula is C25H28N4O2. The third-order valence-electron chi connectivity index (χ3n) is 5.41. The van der Waals surface area contributed by atoms with Crippen LogP contribution in [0.5, 0.6) is 5.75 Å². The van der Waals surface area contributed by atoms with Gasteiger partial charge in [0, 0.05) is 37.9 Å². The van der Waals surface area contributed by atoms with Crippen molar-refractivity contribution in [3.8, 4) is 5.75 Å². The molecule has 2 aromatic carbocycles. The summed E-state index contributed by atoms with van der Waals surface area (Å²) in [5.41, 5.74) is 9.97. The molecule has 0 aliphatic carbocycles. The highest BCUT2D eigenvalue weighted by Crippen LogP contribution is 2.25. The van der Waals surface area contributed by atoms with Gasteiger partial charge in [-0.1, -0.05) is 24.3 Å². The summed E-state index contributed by atoms with van der Waals surface area (Å²) >= 11 is 0. The first-order valence-corrected chi connectivity index (χ1v) is 10.7. The molecule has 0 saturated heterocycles. The second-order valence-electron chi connectivity index (χ2n) is 7.77.